The molecular weight excluding hydrogens is 340 g/mol. The lowest BCUT2D eigenvalue weighted by molar-refractivity contribution is 0.140. The lowest BCUT2D eigenvalue weighted by atomic mass is 10.2. The van der Waals surface area contributed by atoms with E-state index < -0.39 is 0 Å². The fourth-order valence-corrected chi connectivity index (χ4v) is 3.06. The molecular formula is C11H12Br2O3. The fraction of sp³-hybridized carbons (Fsp3) is 0.455. The van der Waals surface area contributed by atoms with Gasteiger partial charge in [0.1, 0.15) is 11.9 Å². The second-order valence-electron chi connectivity index (χ2n) is 3.65. The minimum Gasteiger partial charge on any atom is -0.486 e. The third kappa shape index (κ3) is 2.77. The zero-order chi connectivity index (χ0) is 11.5. The quantitative estimate of drug-likeness (QED) is 0.910. The molecule has 0 aliphatic carbocycles. The van der Waals surface area contributed by atoms with Crippen molar-refractivity contribution in [3.05, 3.63) is 26.6 Å². The molecule has 0 amide bonds. The van der Waals surface area contributed by atoms with E-state index in [1.165, 1.54) is 0 Å². The summed E-state index contributed by atoms with van der Waals surface area (Å²) in [6.07, 6.45) is 1.04. The zero-order valence-corrected chi connectivity index (χ0v) is 11.8. The number of aliphatic hydroxyl groups is 1. The second kappa shape index (κ2) is 5.49. The van der Waals surface area contributed by atoms with E-state index in [1.54, 1.807) is 0 Å². The monoisotopic (exact) mass is 350 g/mol. The first-order valence-electron chi connectivity index (χ1n) is 5.04. The summed E-state index contributed by atoms with van der Waals surface area (Å²) in [6, 6.07) is 3.71. The van der Waals surface area contributed by atoms with Gasteiger partial charge in [-0.1, -0.05) is 0 Å². The van der Waals surface area contributed by atoms with Crippen molar-refractivity contribution in [1.82, 2.24) is 0 Å². The second-order valence-corrected chi connectivity index (χ2v) is 5.36. The van der Waals surface area contributed by atoms with E-state index in [0.29, 0.717) is 6.61 Å². The van der Waals surface area contributed by atoms with Crippen molar-refractivity contribution in [2.45, 2.75) is 19.1 Å². The maximum Gasteiger partial charge on any atom is 0.148 e. The van der Waals surface area contributed by atoms with Gasteiger partial charge >= 0.3 is 0 Å². The molecule has 0 bridgehead atoms. The molecule has 5 heteroatoms. The molecule has 3 nitrogen and oxygen atoms in total. The van der Waals surface area contributed by atoms with Crippen molar-refractivity contribution >= 4 is 31.9 Å². The summed E-state index contributed by atoms with van der Waals surface area (Å²) >= 11 is 6.88. The minimum atomic E-state index is 0.0179. The number of halogens is 2. The molecule has 1 atom stereocenters. The van der Waals surface area contributed by atoms with Crippen molar-refractivity contribution in [2.24, 2.45) is 0 Å². The third-order valence-corrected chi connectivity index (χ3v) is 3.59. The number of hydrogen-bond donors (Lipinski definition) is 1. The molecule has 0 spiro atoms. The molecule has 1 aliphatic rings. The Bertz CT molecular complexity index is 352. The predicted octanol–water partition coefficient (Wildman–Crippen LogP) is 2.87. The van der Waals surface area contributed by atoms with Crippen LogP contribution < -0.4 is 4.74 Å². The van der Waals surface area contributed by atoms with Crippen LogP contribution in [0.3, 0.4) is 0 Å². The molecule has 1 aromatic rings. The van der Waals surface area contributed by atoms with Crippen LogP contribution in [0.4, 0.5) is 0 Å². The van der Waals surface area contributed by atoms with Gasteiger partial charge in [-0.05, 0) is 49.6 Å². The smallest absolute Gasteiger partial charge is 0.148 e. The Kier molecular flexibility index (Phi) is 4.24. The molecule has 0 radical (unpaired) electrons. The standard InChI is InChI=1S/C11H12Br2O3/c12-9-3-7(5-14)4-10(13)11(9)16-8-1-2-15-6-8/h3-4,8,14H,1-2,5-6H2. The van der Waals surface area contributed by atoms with Crippen molar-refractivity contribution in [2.75, 3.05) is 13.2 Å². The number of rotatable bonds is 3. The van der Waals surface area contributed by atoms with Crippen molar-refractivity contribution in [1.29, 1.82) is 0 Å². The summed E-state index contributed by atoms with van der Waals surface area (Å²) in [4.78, 5) is 0. The van der Waals surface area contributed by atoms with Crippen molar-refractivity contribution in [3.8, 4) is 5.75 Å². The Hall–Kier alpha value is -0.100. The Labute approximate surface area is 111 Å². The molecule has 0 saturated carbocycles. The molecule has 2 rings (SSSR count). The van der Waals surface area contributed by atoms with Crippen molar-refractivity contribution < 1.29 is 14.6 Å². The van der Waals surface area contributed by atoms with Crippen LogP contribution in [0.2, 0.25) is 0 Å². The first-order chi connectivity index (χ1) is 7.70. The molecule has 16 heavy (non-hydrogen) atoms. The van der Waals surface area contributed by atoms with E-state index in [-0.39, 0.29) is 12.7 Å². The van der Waals surface area contributed by atoms with Gasteiger partial charge in [-0.3, -0.25) is 0 Å². The molecule has 1 heterocycles. The van der Waals surface area contributed by atoms with Crippen LogP contribution in [0.1, 0.15) is 12.0 Å². The van der Waals surface area contributed by atoms with E-state index in [1.807, 2.05) is 12.1 Å². The Morgan fingerprint density at radius 2 is 2.06 bits per heavy atom. The van der Waals surface area contributed by atoms with Gasteiger partial charge < -0.3 is 14.6 Å². The van der Waals surface area contributed by atoms with Gasteiger partial charge in [0.25, 0.3) is 0 Å². The van der Waals surface area contributed by atoms with Crippen LogP contribution in [-0.4, -0.2) is 24.4 Å². The third-order valence-electron chi connectivity index (χ3n) is 2.41. The van der Waals surface area contributed by atoms with Crippen LogP contribution in [0.5, 0.6) is 5.75 Å². The first kappa shape index (κ1) is 12.4. The molecule has 1 aromatic carbocycles. The van der Waals surface area contributed by atoms with Gasteiger partial charge in [0.2, 0.25) is 0 Å². The highest BCUT2D eigenvalue weighted by Crippen LogP contribution is 2.36. The van der Waals surface area contributed by atoms with E-state index in [2.05, 4.69) is 31.9 Å². The lowest BCUT2D eigenvalue weighted by Gasteiger charge is -2.15. The summed E-state index contributed by atoms with van der Waals surface area (Å²) in [5, 5.41) is 9.06. The molecule has 1 aliphatic heterocycles. The van der Waals surface area contributed by atoms with E-state index in [0.717, 1.165) is 33.3 Å². The first-order valence-corrected chi connectivity index (χ1v) is 6.62. The fourth-order valence-electron chi connectivity index (χ4n) is 1.59. The van der Waals surface area contributed by atoms with Gasteiger partial charge in [0.05, 0.1) is 28.8 Å². The van der Waals surface area contributed by atoms with Crippen LogP contribution in [0.15, 0.2) is 21.1 Å². The van der Waals surface area contributed by atoms with Crippen LogP contribution in [-0.2, 0) is 11.3 Å². The van der Waals surface area contributed by atoms with Gasteiger partial charge in [-0.15, -0.1) is 0 Å². The SMILES string of the molecule is OCc1cc(Br)c(OC2CCOC2)c(Br)c1. The predicted molar refractivity (Wildman–Crippen MR) is 67.6 cm³/mol. The number of ether oxygens (including phenoxy) is 2. The van der Waals surface area contributed by atoms with Crippen LogP contribution in [0, 0.1) is 0 Å². The average Bonchev–Trinajstić information content (AvgIpc) is 2.75. The van der Waals surface area contributed by atoms with Crippen molar-refractivity contribution in [3.63, 3.8) is 0 Å². The summed E-state index contributed by atoms with van der Waals surface area (Å²) in [5.41, 5.74) is 0.841. The normalized spacial score (nSPS) is 20.1. The molecule has 1 N–H and O–H groups in total. The molecule has 1 unspecified atom stereocenters. The van der Waals surface area contributed by atoms with Gasteiger partial charge in [0, 0.05) is 6.42 Å². The Morgan fingerprint density at radius 3 is 2.56 bits per heavy atom. The van der Waals surface area contributed by atoms with E-state index in [4.69, 9.17) is 14.6 Å². The highest BCUT2D eigenvalue weighted by atomic mass is 79.9. The van der Waals surface area contributed by atoms with Gasteiger partial charge in [-0.2, -0.15) is 0 Å². The number of hydrogen-bond acceptors (Lipinski definition) is 3. The molecule has 1 saturated heterocycles. The topological polar surface area (TPSA) is 38.7 Å². The van der Waals surface area contributed by atoms with E-state index in [9.17, 15) is 0 Å². The summed E-state index contributed by atoms with van der Waals surface area (Å²) in [6.45, 7) is 1.42. The maximum absolute atomic E-state index is 9.06. The van der Waals surface area contributed by atoms with Gasteiger partial charge in [0.15, 0.2) is 0 Å². The van der Waals surface area contributed by atoms with Gasteiger partial charge in [-0.25, -0.2) is 0 Å². The Morgan fingerprint density at radius 1 is 1.38 bits per heavy atom. The van der Waals surface area contributed by atoms with Crippen LogP contribution >= 0.6 is 31.9 Å². The summed E-state index contributed by atoms with van der Waals surface area (Å²) < 4.78 is 12.8. The van der Waals surface area contributed by atoms with E-state index >= 15 is 0 Å². The zero-order valence-electron chi connectivity index (χ0n) is 8.58. The molecule has 88 valence electrons. The highest BCUT2D eigenvalue weighted by molar-refractivity contribution is 9.11. The maximum atomic E-state index is 9.06. The van der Waals surface area contributed by atoms with Crippen LogP contribution in [0.25, 0.3) is 0 Å². The largest absolute Gasteiger partial charge is 0.486 e. The number of aliphatic hydroxyl groups excluding tert-OH is 1. The minimum absolute atomic E-state index is 0.0179. The number of benzene rings is 1. The lowest BCUT2D eigenvalue weighted by Crippen LogP contribution is -2.16. The summed E-state index contributed by atoms with van der Waals surface area (Å²) in [5.74, 6) is 0.771. The molecule has 0 aromatic heterocycles. The summed E-state index contributed by atoms with van der Waals surface area (Å²) in [7, 11) is 0. The highest BCUT2D eigenvalue weighted by Gasteiger charge is 2.20. The Balaban J connectivity index is 2.19. The molecule has 1 fully saturated rings. The average molecular weight is 352 g/mol.